The van der Waals surface area contributed by atoms with Crippen LogP contribution in [0, 0.1) is 11.3 Å². The second kappa shape index (κ2) is 6.12. The van der Waals surface area contributed by atoms with Crippen LogP contribution in [0.5, 0.6) is 11.5 Å². The second-order valence-corrected chi connectivity index (χ2v) is 4.26. The van der Waals surface area contributed by atoms with Gasteiger partial charge in [-0.05, 0) is 24.3 Å². The van der Waals surface area contributed by atoms with Gasteiger partial charge in [0.25, 0.3) is 0 Å². The fourth-order valence-electron chi connectivity index (χ4n) is 1.67. The summed E-state index contributed by atoms with van der Waals surface area (Å²) in [5.41, 5.74) is 1.44. The average Bonchev–Trinajstić information content (AvgIpc) is 2.46. The van der Waals surface area contributed by atoms with Gasteiger partial charge in [0, 0.05) is 5.56 Å². The number of nitriles is 1. The first-order valence-corrected chi connectivity index (χ1v) is 6.06. The fourth-order valence-corrected chi connectivity index (χ4v) is 1.90. The molecule has 0 bridgehead atoms. The largest absolute Gasteiger partial charge is 0.496 e. The molecule has 0 N–H and O–H groups in total. The first-order valence-electron chi connectivity index (χ1n) is 5.69. The van der Waals surface area contributed by atoms with Crippen LogP contribution in [0.2, 0.25) is 5.02 Å². The maximum Gasteiger partial charge on any atom is 0.138 e. The van der Waals surface area contributed by atoms with E-state index in [1.54, 1.807) is 25.3 Å². The molecule has 0 spiro atoms. The lowest BCUT2D eigenvalue weighted by Crippen LogP contribution is -1.99. The van der Waals surface area contributed by atoms with Gasteiger partial charge in [0.05, 0.1) is 23.8 Å². The van der Waals surface area contributed by atoms with Crippen molar-refractivity contribution in [1.29, 1.82) is 5.26 Å². The van der Waals surface area contributed by atoms with E-state index in [4.69, 9.17) is 26.3 Å². The minimum Gasteiger partial charge on any atom is -0.496 e. The number of ether oxygens (including phenoxy) is 2. The van der Waals surface area contributed by atoms with Crippen LogP contribution >= 0.6 is 11.6 Å². The summed E-state index contributed by atoms with van der Waals surface area (Å²) in [6.07, 6.45) is 0. The average molecular weight is 274 g/mol. The Kier molecular flexibility index (Phi) is 4.27. The van der Waals surface area contributed by atoms with Crippen molar-refractivity contribution in [2.75, 3.05) is 7.11 Å². The second-order valence-electron chi connectivity index (χ2n) is 3.86. The van der Waals surface area contributed by atoms with Gasteiger partial charge in [0.2, 0.25) is 0 Å². The Morgan fingerprint density at radius 3 is 2.63 bits per heavy atom. The van der Waals surface area contributed by atoms with E-state index < -0.39 is 0 Å². The molecule has 0 aliphatic carbocycles. The molecular formula is C15H12ClNO2. The Bertz CT molecular complexity index is 620. The molecule has 19 heavy (non-hydrogen) atoms. The maximum atomic E-state index is 8.76. The number of nitrogens with zero attached hydrogens (tertiary/aromatic N) is 1. The Morgan fingerprint density at radius 1 is 1.16 bits per heavy atom. The number of hydrogen-bond acceptors (Lipinski definition) is 3. The summed E-state index contributed by atoms with van der Waals surface area (Å²) < 4.78 is 10.9. The van der Waals surface area contributed by atoms with E-state index >= 15 is 0 Å². The molecular weight excluding hydrogens is 262 g/mol. The fraction of sp³-hybridized carbons (Fsp3) is 0.133. The molecule has 0 amide bonds. The zero-order valence-corrected chi connectivity index (χ0v) is 11.1. The highest BCUT2D eigenvalue weighted by molar-refractivity contribution is 6.32. The zero-order valence-electron chi connectivity index (χ0n) is 10.4. The van der Waals surface area contributed by atoms with Gasteiger partial charge >= 0.3 is 0 Å². The monoisotopic (exact) mass is 273 g/mol. The normalized spacial score (nSPS) is 9.74. The number of halogens is 1. The van der Waals surface area contributed by atoms with Crippen molar-refractivity contribution in [2.24, 2.45) is 0 Å². The maximum absolute atomic E-state index is 8.76. The summed E-state index contributed by atoms with van der Waals surface area (Å²) in [4.78, 5) is 0. The predicted molar refractivity (Wildman–Crippen MR) is 73.5 cm³/mol. The minimum absolute atomic E-state index is 0.357. The van der Waals surface area contributed by atoms with Crippen LogP contribution in [-0.2, 0) is 6.61 Å². The third-order valence-electron chi connectivity index (χ3n) is 2.64. The van der Waals surface area contributed by atoms with Crippen LogP contribution in [0.4, 0.5) is 0 Å². The third-order valence-corrected chi connectivity index (χ3v) is 2.93. The summed E-state index contributed by atoms with van der Waals surface area (Å²) in [5.74, 6) is 1.32. The van der Waals surface area contributed by atoms with Crippen LogP contribution in [0.3, 0.4) is 0 Å². The molecule has 2 rings (SSSR count). The topological polar surface area (TPSA) is 42.2 Å². The number of hydrogen-bond donors (Lipinski definition) is 0. The first kappa shape index (κ1) is 13.3. The van der Waals surface area contributed by atoms with Crippen LogP contribution < -0.4 is 9.47 Å². The Labute approximate surface area is 117 Å². The van der Waals surface area contributed by atoms with Crippen molar-refractivity contribution in [1.82, 2.24) is 0 Å². The number of rotatable bonds is 4. The van der Waals surface area contributed by atoms with Crippen molar-refractivity contribution < 1.29 is 9.47 Å². The molecule has 0 aliphatic heterocycles. The van der Waals surface area contributed by atoms with Gasteiger partial charge in [-0.15, -0.1) is 0 Å². The molecule has 0 saturated carbocycles. The standard InChI is InChI=1S/C15H12ClNO2/c1-18-14-5-3-2-4-12(14)10-19-15-7-6-11(9-17)8-13(15)16/h2-8H,10H2,1H3. The molecule has 3 nitrogen and oxygen atoms in total. The smallest absolute Gasteiger partial charge is 0.138 e. The molecule has 0 fully saturated rings. The van der Waals surface area contributed by atoms with Crippen LogP contribution in [0.25, 0.3) is 0 Å². The molecule has 0 unspecified atom stereocenters. The molecule has 2 aromatic carbocycles. The first-order chi connectivity index (χ1) is 9.24. The Morgan fingerprint density at radius 2 is 1.95 bits per heavy atom. The highest BCUT2D eigenvalue weighted by Crippen LogP contribution is 2.27. The Balaban J connectivity index is 2.13. The molecule has 96 valence electrons. The van der Waals surface area contributed by atoms with Crippen molar-refractivity contribution in [3.05, 3.63) is 58.6 Å². The molecule has 0 aromatic heterocycles. The highest BCUT2D eigenvalue weighted by Gasteiger charge is 2.06. The SMILES string of the molecule is COc1ccccc1COc1ccc(C#N)cc1Cl. The molecule has 0 saturated heterocycles. The number of para-hydroxylation sites is 1. The van der Waals surface area contributed by atoms with Gasteiger partial charge in [-0.2, -0.15) is 5.26 Å². The van der Waals surface area contributed by atoms with Gasteiger partial charge < -0.3 is 9.47 Å². The van der Waals surface area contributed by atoms with Crippen molar-refractivity contribution >= 4 is 11.6 Å². The van der Waals surface area contributed by atoms with Crippen molar-refractivity contribution in [3.8, 4) is 17.6 Å². The number of benzene rings is 2. The summed E-state index contributed by atoms with van der Waals surface area (Å²) in [5, 5.41) is 9.19. The van der Waals surface area contributed by atoms with Gasteiger partial charge in [-0.1, -0.05) is 29.8 Å². The molecule has 0 heterocycles. The van der Waals surface area contributed by atoms with E-state index in [-0.39, 0.29) is 0 Å². The molecule has 0 aliphatic rings. The minimum atomic E-state index is 0.357. The van der Waals surface area contributed by atoms with Gasteiger partial charge in [0.1, 0.15) is 18.1 Å². The van der Waals surface area contributed by atoms with Gasteiger partial charge in [-0.25, -0.2) is 0 Å². The quantitative estimate of drug-likeness (QED) is 0.851. The van der Waals surface area contributed by atoms with Crippen LogP contribution in [-0.4, -0.2) is 7.11 Å². The molecule has 0 atom stereocenters. The highest BCUT2D eigenvalue weighted by atomic mass is 35.5. The van der Waals surface area contributed by atoms with Gasteiger partial charge in [0.15, 0.2) is 0 Å². The molecule has 2 aromatic rings. The van der Waals surface area contributed by atoms with Gasteiger partial charge in [-0.3, -0.25) is 0 Å². The lowest BCUT2D eigenvalue weighted by atomic mass is 10.2. The summed E-state index contributed by atoms with van der Waals surface area (Å²) >= 11 is 6.04. The van der Waals surface area contributed by atoms with E-state index in [0.29, 0.717) is 22.9 Å². The van der Waals surface area contributed by atoms with Crippen molar-refractivity contribution in [3.63, 3.8) is 0 Å². The number of methoxy groups -OCH3 is 1. The summed E-state index contributed by atoms with van der Waals surface area (Å²) in [6.45, 7) is 0.357. The lowest BCUT2D eigenvalue weighted by Gasteiger charge is -2.11. The van der Waals surface area contributed by atoms with Crippen LogP contribution in [0.15, 0.2) is 42.5 Å². The predicted octanol–water partition coefficient (Wildman–Crippen LogP) is 3.80. The Hall–Kier alpha value is -2.18. The third kappa shape index (κ3) is 3.18. The summed E-state index contributed by atoms with van der Waals surface area (Å²) in [6, 6.07) is 14.6. The van der Waals surface area contributed by atoms with E-state index in [1.807, 2.05) is 30.3 Å². The van der Waals surface area contributed by atoms with Crippen molar-refractivity contribution in [2.45, 2.75) is 6.61 Å². The van der Waals surface area contributed by atoms with E-state index in [0.717, 1.165) is 11.3 Å². The van der Waals surface area contributed by atoms with Crippen LogP contribution in [0.1, 0.15) is 11.1 Å². The van der Waals surface area contributed by atoms with E-state index in [2.05, 4.69) is 0 Å². The van der Waals surface area contributed by atoms with E-state index in [1.165, 1.54) is 0 Å². The lowest BCUT2D eigenvalue weighted by molar-refractivity contribution is 0.297. The molecule has 0 radical (unpaired) electrons. The van der Waals surface area contributed by atoms with E-state index in [9.17, 15) is 0 Å². The molecule has 4 heteroatoms. The summed E-state index contributed by atoms with van der Waals surface area (Å²) in [7, 11) is 1.62. The zero-order chi connectivity index (χ0) is 13.7.